The third kappa shape index (κ3) is 4.62. The molecule has 180 valence electrons. The number of alkyl halides is 3. The average molecular weight is 486 g/mol. The summed E-state index contributed by atoms with van der Waals surface area (Å²) in [6.45, 7) is 0.286. The molecule has 1 aromatic heterocycles. The summed E-state index contributed by atoms with van der Waals surface area (Å²) in [6.07, 6.45) is -3.00. The molecule has 0 fully saturated rings. The van der Waals surface area contributed by atoms with E-state index >= 15 is 0 Å². The number of ether oxygens (including phenoxy) is 2. The van der Waals surface area contributed by atoms with E-state index in [0.717, 1.165) is 34.1 Å². The fourth-order valence-electron chi connectivity index (χ4n) is 4.32. The summed E-state index contributed by atoms with van der Waals surface area (Å²) in [6, 6.07) is 28.6. The van der Waals surface area contributed by atoms with Gasteiger partial charge < -0.3 is 9.47 Å². The summed E-state index contributed by atoms with van der Waals surface area (Å²) in [5.41, 5.74) is 3.05. The van der Waals surface area contributed by atoms with Gasteiger partial charge in [-0.15, -0.1) is 0 Å². The maximum atomic E-state index is 13.8. The zero-order valence-electron chi connectivity index (χ0n) is 19.4. The SMILES string of the molecule is COc1ccccc1COc1cccc(-c2c(-c3ccccc3)cnc3c(C(F)(F)F)cccc23)c1. The van der Waals surface area contributed by atoms with Gasteiger partial charge in [-0.05, 0) is 35.4 Å². The lowest BCUT2D eigenvalue weighted by Crippen LogP contribution is -2.07. The fraction of sp³-hybridized carbons (Fsp3) is 0.100. The van der Waals surface area contributed by atoms with E-state index in [0.29, 0.717) is 16.7 Å². The van der Waals surface area contributed by atoms with Crippen molar-refractivity contribution < 1.29 is 22.6 Å². The smallest absolute Gasteiger partial charge is 0.418 e. The highest BCUT2D eigenvalue weighted by molar-refractivity contribution is 6.03. The highest BCUT2D eigenvalue weighted by Crippen LogP contribution is 2.42. The molecule has 6 heteroatoms. The lowest BCUT2D eigenvalue weighted by Gasteiger charge is -2.17. The van der Waals surface area contributed by atoms with Crippen molar-refractivity contribution in [1.82, 2.24) is 4.98 Å². The van der Waals surface area contributed by atoms with Gasteiger partial charge in [-0.3, -0.25) is 4.98 Å². The van der Waals surface area contributed by atoms with Gasteiger partial charge >= 0.3 is 6.18 Å². The number of fused-ring (bicyclic) bond motifs is 1. The molecule has 0 atom stereocenters. The molecule has 3 nitrogen and oxygen atoms in total. The van der Waals surface area contributed by atoms with E-state index in [1.165, 1.54) is 12.3 Å². The zero-order valence-corrected chi connectivity index (χ0v) is 19.4. The standard InChI is InChI=1S/C30H22F3NO2/c1-35-27-16-6-5-11-22(27)19-36-23-13-7-12-21(17-23)28-24-14-8-15-26(30(31,32)33)29(24)34-18-25(28)20-9-3-2-4-10-20/h2-18H,19H2,1H3. The first-order valence-electron chi connectivity index (χ1n) is 11.3. The Bertz CT molecular complexity index is 1510. The zero-order chi connectivity index (χ0) is 25.1. The molecule has 4 aromatic carbocycles. The highest BCUT2D eigenvalue weighted by Gasteiger charge is 2.33. The quantitative estimate of drug-likeness (QED) is 0.243. The minimum atomic E-state index is -4.52. The van der Waals surface area contributed by atoms with Crippen LogP contribution >= 0.6 is 0 Å². The molecule has 0 saturated heterocycles. The molecular formula is C30H22F3NO2. The van der Waals surface area contributed by atoms with Gasteiger partial charge in [-0.1, -0.05) is 72.8 Å². The predicted octanol–water partition coefficient (Wildman–Crippen LogP) is 8.18. The first-order valence-corrected chi connectivity index (χ1v) is 11.3. The molecule has 36 heavy (non-hydrogen) atoms. The molecule has 0 aliphatic rings. The number of para-hydroxylation sites is 2. The highest BCUT2D eigenvalue weighted by atomic mass is 19.4. The Morgan fingerprint density at radius 2 is 1.50 bits per heavy atom. The van der Waals surface area contributed by atoms with Crippen molar-refractivity contribution in [2.45, 2.75) is 12.8 Å². The Morgan fingerprint density at radius 3 is 2.28 bits per heavy atom. The summed E-state index contributed by atoms with van der Waals surface area (Å²) >= 11 is 0. The lowest BCUT2D eigenvalue weighted by molar-refractivity contribution is -0.136. The molecule has 0 N–H and O–H groups in total. The van der Waals surface area contributed by atoms with E-state index < -0.39 is 11.7 Å². The molecule has 1 heterocycles. The summed E-state index contributed by atoms with van der Waals surface area (Å²) in [4.78, 5) is 4.26. The van der Waals surface area contributed by atoms with E-state index in [9.17, 15) is 13.2 Å². The van der Waals surface area contributed by atoms with Crippen molar-refractivity contribution in [3.63, 3.8) is 0 Å². The number of aromatic nitrogens is 1. The predicted molar refractivity (Wildman–Crippen MR) is 135 cm³/mol. The number of methoxy groups -OCH3 is 1. The molecule has 0 aliphatic heterocycles. The van der Waals surface area contributed by atoms with E-state index in [2.05, 4.69) is 4.98 Å². The topological polar surface area (TPSA) is 31.4 Å². The van der Waals surface area contributed by atoms with E-state index in [-0.39, 0.29) is 12.1 Å². The number of hydrogen-bond acceptors (Lipinski definition) is 3. The van der Waals surface area contributed by atoms with Crippen LogP contribution in [0.1, 0.15) is 11.1 Å². The molecule has 0 spiro atoms. The summed E-state index contributed by atoms with van der Waals surface area (Å²) in [5, 5.41) is 0.424. The van der Waals surface area contributed by atoms with Gasteiger partial charge in [0.25, 0.3) is 0 Å². The molecule has 0 bridgehead atoms. The third-order valence-electron chi connectivity index (χ3n) is 6.00. The summed E-state index contributed by atoms with van der Waals surface area (Å²) in [7, 11) is 1.61. The van der Waals surface area contributed by atoms with Crippen LogP contribution in [0.3, 0.4) is 0 Å². The maximum absolute atomic E-state index is 13.8. The molecule has 5 aromatic rings. The van der Waals surface area contributed by atoms with Gasteiger partial charge in [0.1, 0.15) is 18.1 Å². The first-order chi connectivity index (χ1) is 17.5. The Kier molecular flexibility index (Phi) is 6.34. The minimum Gasteiger partial charge on any atom is -0.496 e. The largest absolute Gasteiger partial charge is 0.496 e. The van der Waals surface area contributed by atoms with Crippen molar-refractivity contribution in [1.29, 1.82) is 0 Å². The second kappa shape index (κ2) is 9.74. The normalized spacial score (nSPS) is 11.4. The van der Waals surface area contributed by atoms with Crippen molar-refractivity contribution in [3.05, 3.63) is 114 Å². The Balaban J connectivity index is 1.64. The van der Waals surface area contributed by atoms with Gasteiger partial charge in [0.05, 0.1) is 18.2 Å². The number of benzene rings is 4. The van der Waals surface area contributed by atoms with Crippen LogP contribution in [0.4, 0.5) is 13.2 Å². The molecule has 0 saturated carbocycles. The van der Waals surface area contributed by atoms with Crippen LogP contribution in [0.5, 0.6) is 11.5 Å². The summed E-state index contributed by atoms with van der Waals surface area (Å²) < 4.78 is 52.8. The van der Waals surface area contributed by atoms with E-state index in [1.807, 2.05) is 78.9 Å². The Morgan fingerprint density at radius 1 is 0.778 bits per heavy atom. The fourth-order valence-corrected chi connectivity index (χ4v) is 4.32. The van der Waals surface area contributed by atoms with Crippen molar-refractivity contribution in [2.75, 3.05) is 7.11 Å². The summed E-state index contributed by atoms with van der Waals surface area (Å²) in [5.74, 6) is 1.31. The molecule has 0 radical (unpaired) electrons. The Labute approximate surface area is 206 Å². The average Bonchev–Trinajstić information content (AvgIpc) is 2.91. The van der Waals surface area contributed by atoms with Crippen LogP contribution < -0.4 is 9.47 Å². The maximum Gasteiger partial charge on any atom is 0.418 e. The van der Waals surface area contributed by atoms with Gasteiger partial charge in [0.15, 0.2) is 0 Å². The Hall–Kier alpha value is -4.32. The van der Waals surface area contributed by atoms with Crippen molar-refractivity contribution >= 4 is 10.9 Å². The van der Waals surface area contributed by atoms with Gasteiger partial charge in [0.2, 0.25) is 0 Å². The van der Waals surface area contributed by atoms with Gasteiger partial charge in [0, 0.05) is 28.3 Å². The minimum absolute atomic E-state index is 0.0833. The van der Waals surface area contributed by atoms with Crippen LogP contribution in [0.15, 0.2) is 103 Å². The van der Waals surface area contributed by atoms with Crippen LogP contribution in [-0.4, -0.2) is 12.1 Å². The number of nitrogens with zero attached hydrogens (tertiary/aromatic N) is 1. The van der Waals surface area contributed by atoms with Crippen molar-refractivity contribution in [3.8, 4) is 33.8 Å². The van der Waals surface area contributed by atoms with E-state index in [4.69, 9.17) is 9.47 Å². The molecule has 0 aliphatic carbocycles. The van der Waals surface area contributed by atoms with Gasteiger partial charge in [-0.25, -0.2) is 0 Å². The molecule has 5 rings (SSSR count). The van der Waals surface area contributed by atoms with Gasteiger partial charge in [-0.2, -0.15) is 13.2 Å². The van der Waals surface area contributed by atoms with Crippen LogP contribution in [0, 0.1) is 0 Å². The molecule has 0 amide bonds. The van der Waals surface area contributed by atoms with Crippen LogP contribution in [0.25, 0.3) is 33.2 Å². The third-order valence-corrected chi connectivity index (χ3v) is 6.00. The number of halogens is 3. The number of hydrogen-bond donors (Lipinski definition) is 0. The molecular weight excluding hydrogens is 463 g/mol. The second-order valence-corrected chi connectivity index (χ2v) is 8.24. The van der Waals surface area contributed by atoms with Crippen molar-refractivity contribution in [2.24, 2.45) is 0 Å². The molecule has 0 unspecified atom stereocenters. The monoisotopic (exact) mass is 485 g/mol. The van der Waals surface area contributed by atoms with E-state index in [1.54, 1.807) is 13.2 Å². The van der Waals surface area contributed by atoms with Crippen LogP contribution in [0.2, 0.25) is 0 Å². The number of pyridine rings is 1. The first kappa shape index (κ1) is 23.4. The lowest BCUT2D eigenvalue weighted by atomic mass is 9.91. The number of rotatable bonds is 6. The van der Waals surface area contributed by atoms with Crippen LogP contribution in [-0.2, 0) is 12.8 Å². The second-order valence-electron chi connectivity index (χ2n) is 8.24.